The van der Waals surface area contributed by atoms with E-state index in [4.69, 9.17) is 5.73 Å². The number of aryl methyl sites for hydroxylation is 1. The van der Waals surface area contributed by atoms with Crippen LogP contribution in [0.25, 0.3) is 0 Å². The Kier molecular flexibility index (Phi) is 5.37. The van der Waals surface area contributed by atoms with Crippen LogP contribution in [-0.4, -0.2) is 43.0 Å². The molecule has 1 aliphatic rings. The van der Waals surface area contributed by atoms with Gasteiger partial charge >= 0.3 is 0 Å². The van der Waals surface area contributed by atoms with Gasteiger partial charge in [-0.05, 0) is 37.8 Å². The van der Waals surface area contributed by atoms with Gasteiger partial charge in [0.15, 0.2) is 0 Å². The Morgan fingerprint density at radius 3 is 2.76 bits per heavy atom. The van der Waals surface area contributed by atoms with Gasteiger partial charge in [-0.2, -0.15) is 0 Å². The van der Waals surface area contributed by atoms with Crippen molar-refractivity contribution in [1.29, 1.82) is 0 Å². The molecule has 1 fully saturated rings. The Hall–Kier alpha value is -1.39. The molecule has 0 saturated carbocycles. The van der Waals surface area contributed by atoms with Gasteiger partial charge in [-0.1, -0.05) is 25.1 Å². The van der Waals surface area contributed by atoms with Crippen molar-refractivity contribution >= 4 is 11.6 Å². The predicted molar refractivity (Wildman–Crippen MR) is 87.4 cm³/mol. The lowest BCUT2D eigenvalue weighted by Gasteiger charge is -2.35. The monoisotopic (exact) mass is 289 g/mol. The van der Waals surface area contributed by atoms with E-state index in [1.165, 1.54) is 0 Å². The average molecular weight is 289 g/mol. The summed E-state index contributed by atoms with van der Waals surface area (Å²) in [6.07, 6.45) is 0.977. The molecule has 2 rings (SSSR count). The number of carbonyl (C=O) groups excluding carboxylic acids is 1. The van der Waals surface area contributed by atoms with E-state index in [0.29, 0.717) is 19.0 Å². The van der Waals surface area contributed by atoms with E-state index in [9.17, 15) is 4.79 Å². The van der Waals surface area contributed by atoms with Crippen molar-refractivity contribution in [2.75, 3.05) is 31.1 Å². The lowest BCUT2D eigenvalue weighted by molar-refractivity contribution is -0.120. The Bertz CT molecular complexity index is 489. The highest BCUT2D eigenvalue weighted by Crippen LogP contribution is 2.20. The number of hydrogen-bond acceptors (Lipinski definition) is 3. The lowest BCUT2D eigenvalue weighted by atomic mass is 9.95. The Morgan fingerprint density at radius 1 is 1.43 bits per heavy atom. The Balaban J connectivity index is 2.03. The zero-order valence-electron chi connectivity index (χ0n) is 13.4. The summed E-state index contributed by atoms with van der Waals surface area (Å²) in [6, 6.07) is 8.33. The van der Waals surface area contributed by atoms with Crippen LogP contribution in [0.5, 0.6) is 0 Å². The molecule has 0 aliphatic carbocycles. The maximum absolute atomic E-state index is 12.6. The van der Waals surface area contributed by atoms with Crippen molar-refractivity contribution in [3.05, 3.63) is 29.8 Å². The fourth-order valence-electron chi connectivity index (χ4n) is 3.02. The maximum atomic E-state index is 12.6. The number of nitrogens with two attached hydrogens (primary N) is 1. The topological polar surface area (TPSA) is 49.6 Å². The third-order valence-electron chi connectivity index (χ3n) is 4.44. The number of piperidine rings is 1. The highest BCUT2D eigenvalue weighted by Gasteiger charge is 2.26. The first-order valence-electron chi connectivity index (χ1n) is 7.86. The van der Waals surface area contributed by atoms with Gasteiger partial charge in [0, 0.05) is 31.4 Å². The van der Waals surface area contributed by atoms with Crippen LogP contribution in [0.4, 0.5) is 5.69 Å². The van der Waals surface area contributed by atoms with E-state index in [1.807, 2.05) is 43.0 Å². The number of hydrogen-bond donors (Lipinski definition) is 1. The standard InChI is InChI=1S/C17H27N3O/c1-4-20(16-8-6-5-7-13(16)2)17(21)12-19-10-9-15(18)14(3)11-19/h5-8,14-15H,4,9-12,18H2,1-3H3. The molecule has 0 aromatic heterocycles. The number of amides is 1. The van der Waals surface area contributed by atoms with Crippen molar-refractivity contribution in [1.82, 2.24) is 4.90 Å². The van der Waals surface area contributed by atoms with Crippen molar-refractivity contribution in [3.8, 4) is 0 Å². The maximum Gasteiger partial charge on any atom is 0.241 e. The summed E-state index contributed by atoms with van der Waals surface area (Å²) >= 11 is 0. The molecule has 1 aliphatic heterocycles. The number of likely N-dealkylation sites (N-methyl/N-ethyl adjacent to an activating group) is 1. The molecule has 2 unspecified atom stereocenters. The van der Waals surface area contributed by atoms with Crippen molar-refractivity contribution < 1.29 is 4.79 Å². The smallest absolute Gasteiger partial charge is 0.241 e. The van der Waals surface area contributed by atoms with E-state index in [1.54, 1.807) is 0 Å². The summed E-state index contributed by atoms with van der Waals surface area (Å²) in [5.74, 6) is 0.634. The number of likely N-dealkylation sites (tertiary alicyclic amines) is 1. The summed E-state index contributed by atoms with van der Waals surface area (Å²) in [4.78, 5) is 16.8. The number of benzene rings is 1. The minimum absolute atomic E-state index is 0.175. The zero-order chi connectivity index (χ0) is 15.4. The van der Waals surface area contributed by atoms with E-state index < -0.39 is 0 Å². The van der Waals surface area contributed by atoms with Crippen LogP contribution in [0.1, 0.15) is 25.8 Å². The van der Waals surface area contributed by atoms with Gasteiger partial charge in [0.1, 0.15) is 0 Å². The highest BCUT2D eigenvalue weighted by atomic mass is 16.2. The van der Waals surface area contributed by atoms with Crippen molar-refractivity contribution in [2.24, 2.45) is 11.7 Å². The molecule has 4 heteroatoms. The lowest BCUT2D eigenvalue weighted by Crippen LogP contribution is -2.49. The highest BCUT2D eigenvalue weighted by molar-refractivity contribution is 5.95. The molecule has 1 saturated heterocycles. The average Bonchev–Trinajstić information content (AvgIpc) is 2.46. The molecule has 1 aromatic rings. The van der Waals surface area contributed by atoms with Gasteiger partial charge in [0.2, 0.25) is 5.91 Å². The molecular weight excluding hydrogens is 262 g/mol. The third kappa shape index (κ3) is 3.83. The summed E-state index contributed by atoms with van der Waals surface area (Å²) in [7, 11) is 0. The van der Waals surface area contributed by atoms with Crippen molar-refractivity contribution in [2.45, 2.75) is 33.2 Å². The van der Waals surface area contributed by atoms with Crippen LogP contribution in [0.2, 0.25) is 0 Å². The molecule has 1 heterocycles. The van der Waals surface area contributed by atoms with Gasteiger partial charge < -0.3 is 10.6 Å². The molecule has 0 radical (unpaired) electrons. The van der Waals surface area contributed by atoms with Crippen LogP contribution in [0, 0.1) is 12.8 Å². The third-order valence-corrected chi connectivity index (χ3v) is 4.44. The number of para-hydroxylation sites is 1. The van der Waals surface area contributed by atoms with Gasteiger partial charge in [-0.15, -0.1) is 0 Å². The van der Waals surface area contributed by atoms with E-state index in [2.05, 4.69) is 11.8 Å². The molecule has 2 N–H and O–H groups in total. The van der Waals surface area contributed by atoms with Crippen LogP contribution in [0.15, 0.2) is 24.3 Å². The summed E-state index contributed by atoms with van der Waals surface area (Å²) < 4.78 is 0. The molecule has 116 valence electrons. The second-order valence-corrected chi connectivity index (χ2v) is 6.09. The number of carbonyl (C=O) groups is 1. The summed E-state index contributed by atoms with van der Waals surface area (Å²) in [6.45, 7) is 9.26. The fraction of sp³-hybridized carbons (Fsp3) is 0.588. The molecule has 21 heavy (non-hydrogen) atoms. The zero-order valence-corrected chi connectivity index (χ0v) is 13.4. The molecule has 4 nitrogen and oxygen atoms in total. The van der Waals surface area contributed by atoms with Crippen LogP contribution >= 0.6 is 0 Å². The SMILES string of the molecule is CCN(C(=O)CN1CCC(N)C(C)C1)c1ccccc1C. The first-order chi connectivity index (χ1) is 10.0. The van der Waals surface area contributed by atoms with Gasteiger partial charge in [0.05, 0.1) is 6.54 Å². The Morgan fingerprint density at radius 2 is 2.14 bits per heavy atom. The first-order valence-corrected chi connectivity index (χ1v) is 7.86. The molecule has 1 amide bonds. The number of rotatable bonds is 4. The molecular formula is C17H27N3O. The van der Waals surface area contributed by atoms with Crippen LogP contribution < -0.4 is 10.6 Å². The first kappa shape index (κ1) is 16.0. The van der Waals surface area contributed by atoms with Gasteiger partial charge in [-0.25, -0.2) is 0 Å². The molecule has 0 bridgehead atoms. The van der Waals surface area contributed by atoms with E-state index >= 15 is 0 Å². The normalized spacial score (nSPS) is 23.0. The van der Waals surface area contributed by atoms with Crippen molar-refractivity contribution in [3.63, 3.8) is 0 Å². The van der Waals surface area contributed by atoms with Crippen LogP contribution in [-0.2, 0) is 4.79 Å². The second kappa shape index (κ2) is 7.05. The number of nitrogens with zero attached hydrogens (tertiary/aromatic N) is 2. The van der Waals surface area contributed by atoms with Gasteiger partial charge in [0.25, 0.3) is 0 Å². The van der Waals surface area contributed by atoms with E-state index in [0.717, 1.165) is 30.8 Å². The summed E-state index contributed by atoms with van der Waals surface area (Å²) in [5.41, 5.74) is 8.21. The minimum atomic E-state index is 0.175. The predicted octanol–water partition coefficient (Wildman–Crippen LogP) is 2.02. The quantitative estimate of drug-likeness (QED) is 0.922. The molecule has 0 spiro atoms. The van der Waals surface area contributed by atoms with E-state index in [-0.39, 0.29) is 11.9 Å². The molecule has 1 aromatic carbocycles. The Labute approximate surface area is 127 Å². The van der Waals surface area contributed by atoms with Crippen LogP contribution in [0.3, 0.4) is 0 Å². The van der Waals surface area contributed by atoms with Gasteiger partial charge in [-0.3, -0.25) is 9.69 Å². The summed E-state index contributed by atoms with van der Waals surface area (Å²) in [5, 5.41) is 0. The largest absolute Gasteiger partial charge is 0.327 e. The second-order valence-electron chi connectivity index (χ2n) is 6.09. The molecule has 2 atom stereocenters. The minimum Gasteiger partial charge on any atom is -0.327 e. The number of anilines is 1. The fourth-order valence-corrected chi connectivity index (χ4v) is 3.02.